The average Bonchev–Trinajstić information content (AvgIpc) is 3.16. The van der Waals surface area contributed by atoms with Crippen LogP contribution in [0.4, 0.5) is 0 Å². The van der Waals surface area contributed by atoms with E-state index in [1.165, 1.54) is 12.8 Å². The molecule has 1 aromatic carbocycles. The van der Waals surface area contributed by atoms with Crippen molar-refractivity contribution in [2.75, 3.05) is 11.9 Å². The quantitative estimate of drug-likeness (QED) is 0.837. The summed E-state index contributed by atoms with van der Waals surface area (Å²) in [6.07, 6.45) is 2.42. The third kappa shape index (κ3) is 3.38. The Balaban J connectivity index is 2.11. The number of nitrogens with one attached hydrogen (secondary N) is 1. The van der Waals surface area contributed by atoms with E-state index < -0.39 is 0 Å². The molecule has 1 saturated carbocycles. The molecule has 0 aliphatic heterocycles. The number of alkyl halides is 1. The fraction of sp³-hybridized carbons (Fsp3) is 0.562. The molecule has 19 heavy (non-hydrogen) atoms. The summed E-state index contributed by atoms with van der Waals surface area (Å²) in [5.74, 6) is 0.0535. The second-order valence-electron chi connectivity index (χ2n) is 6.61. The molecule has 3 heteroatoms. The largest absolute Gasteiger partial charge is 0.351 e. The molecule has 0 heterocycles. The molecule has 2 nitrogen and oxygen atoms in total. The molecular formula is C16H22BrNO. The molecule has 0 bridgehead atoms. The van der Waals surface area contributed by atoms with Crippen molar-refractivity contribution in [2.45, 2.75) is 39.0 Å². The standard InChI is InChI=1S/C16H22BrNO/c1-15(2,3)13-7-5-4-6-12(13)14(19)18-11-16(10-17)8-9-16/h4-7H,8-11H2,1-3H3,(H,18,19). The molecular weight excluding hydrogens is 302 g/mol. The summed E-state index contributed by atoms with van der Waals surface area (Å²) in [5.41, 5.74) is 2.21. The van der Waals surface area contributed by atoms with Gasteiger partial charge in [0.25, 0.3) is 5.91 Å². The second kappa shape index (κ2) is 5.28. The molecule has 1 aliphatic carbocycles. The minimum Gasteiger partial charge on any atom is -0.351 e. The van der Waals surface area contributed by atoms with Gasteiger partial charge in [0.2, 0.25) is 0 Å². The van der Waals surface area contributed by atoms with Gasteiger partial charge >= 0.3 is 0 Å². The smallest absolute Gasteiger partial charge is 0.251 e. The van der Waals surface area contributed by atoms with Crippen LogP contribution in [0, 0.1) is 5.41 Å². The van der Waals surface area contributed by atoms with Gasteiger partial charge < -0.3 is 5.32 Å². The van der Waals surface area contributed by atoms with Gasteiger partial charge in [-0.25, -0.2) is 0 Å². The Labute approximate surface area is 124 Å². The van der Waals surface area contributed by atoms with E-state index >= 15 is 0 Å². The number of amides is 1. The Morgan fingerprint density at radius 2 is 1.95 bits per heavy atom. The maximum Gasteiger partial charge on any atom is 0.251 e. The number of halogens is 1. The Morgan fingerprint density at radius 1 is 1.32 bits per heavy atom. The first-order valence-electron chi connectivity index (χ1n) is 6.82. The summed E-state index contributed by atoms with van der Waals surface area (Å²) >= 11 is 3.53. The first-order chi connectivity index (χ1) is 8.88. The van der Waals surface area contributed by atoms with Gasteiger partial charge in [0.05, 0.1) is 0 Å². The van der Waals surface area contributed by atoms with Crippen molar-refractivity contribution in [2.24, 2.45) is 5.41 Å². The summed E-state index contributed by atoms with van der Waals surface area (Å²) in [6, 6.07) is 7.90. The van der Waals surface area contributed by atoms with Gasteiger partial charge in [-0.15, -0.1) is 0 Å². The average molecular weight is 324 g/mol. The minimum atomic E-state index is -0.0133. The summed E-state index contributed by atoms with van der Waals surface area (Å²) < 4.78 is 0. The zero-order chi connectivity index (χ0) is 14.1. The summed E-state index contributed by atoms with van der Waals surface area (Å²) in [6.45, 7) is 7.19. The van der Waals surface area contributed by atoms with Gasteiger partial charge in [-0.05, 0) is 35.3 Å². The van der Waals surface area contributed by atoms with Crippen LogP contribution < -0.4 is 5.32 Å². The fourth-order valence-electron chi connectivity index (χ4n) is 2.23. The van der Waals surface area contributed by atoms with Crippen LogP contribution in [0.2, 0.25) is 0 Å². The molecule has 1 fully saturated rings. The lowest BCUT2D eigenvalue weighted by Gasteiger charge is -2.23. The van der Waals surface area contributed by atoms with Crippen molar-refractivity contribution in [3.63, 3.8) is 0 Å². The van der Waals surface area contributed by atoms with Gasteiger partial charge in [-0.2, -0.15) is 0 Å². The van der Waals surface area contributed by atoms with Crippen molar-refractivity contribution < 1.29 is 4.79 Å². The molecule has 0 radical (unpaired) electrons. The summed E-state index contributed by atoms with van der Waals surface area (Å²) in [7, 11) is 0. The highest BCUT2D eigenvalue weighted by atomic mass is 79.9. The van der Waals surface area contributed by atoms with E-state index in [1.54, 1.807) is 0 Å². The van der Waals surface area contributed by atoms with Crippen molar-refractivity contribution in [1.82, 2.24) is 5.32 Å². The van der Waals surface area contributed by atoms with Gasteiger partial charge in [-0.1, -0.05) is 54.9 Å². The molecule has 0 unspecified atom stereocenters. The number of carbonyl (C=O) groups is 1. The molecule has 0 aromatic heterocycles. The molecule has 0 spiro atoms. The van der Waals surface area contributed by atoms with Crippen molar-refractivity contribution >= 4 is 21.8 Å². The number of hydrogen-bond acceptors (Lipinski definition) is 1. The van der Waals surface area contributed by atoms with E-state index in [2.05, 4.69) is 42.0 Å². The van der Waals surface area contributed by atoms with E-state index in [9.17, 15) is 4.79 Å². The summed E-state index contributed by atoms with van der Waals surface area (Å²) in [5, 5.41) is 4.07. The van der Waals surface area contributed by atoms with Crippen LogP contribution in [0.25, 0.3) is 0 Å². The predicted octanol–water partition coefficient (Wildman–Crippen LogP) is 3.89. The zero-order valence-electron chi connectivity index (χ0n) is 11.9. The molecule has 0 saturated heterocycles. The lowest BCUT2D eigenvalue weighted by Crippen LogP contribution is -2.32. The lowest BCUT2D eigenvalue weighted by atomic mass is 9.83. The molecule has 0 atom stereocenters. The molecule has 2 rings (SSSR count). The van der Waals surface area contributed by atoms with Crippen LogP contribution in [0.5, 0.6) is 0 Å². The van der Waals surface area contributed by atoms with Crippen molar-refractivity contribution in [1.29, 1.82) is 0 Å². The Kier molecular flexibility index (Phi) is 4.05. The highest BCUT2D eigenvalue weighted by Gasteiger charge is 2.41. The normalized spacial score (nSPS) is 17.1. The Morgan fingerprint density at radius 3 is 2.47 bits per heavy atom. The fourth-order valence-corrected chi connectivity index (χ4v) is 2.99. The zero-order valence-corrected chi connectivity index (χ0v) is 13.5. The maximum atomic E-state index is 12.4. The van der Waals surface area contributed by atoms with Crippen LogP contribution in [0.15, 0.2) is 24.3 Å². The van der Waals surface area contributed by atoms with E-state index in [4.69, 9.17) is 0 Å². The third-order valence-electron chi connectivity index (χ3n) is 3.84. The van der Waals surface area contributed by atoms with Crippen molar-refractivity contribution in [3.8, 4) is 0 Å². The van der Waals surface area contributed by atoms with Gasteiger partial charge in [-0.3, -0.25) is 4.79 Å². The minimum absolute atomic E-state index is 0.0133. The second-order valence-corrected chi connectivity index (χ2v) is 7.17. The van der Waals surface area contributed by atoms with E-state index in [0.717, 1.165) is 23.0 Å². The van der Waals surface area contributed by atoms with Crippen LogP contribution in [-0.2, 0) is 5.41 Å². The monoisotopic (exact) mass is 323 g/mol. The van der Waals surface area contributed by atoms with E-state index in [-0.39, 0.29) is 11.3 Å². The van der Waals surface area contributed by atoms with Crippen LogP contribution in [0.1, 0.15) is 49.5 Å². The van der Waals surface area contributed by atoms with E-state index in [0.29, 0.717) is 5.41 Å². The van der Waals surface area contributed by atoms with Crippen LogP contribution in [0.3, 0.4) is 0 Å². The SMILES string of the molecule is CC(C)(C)c1ccccc1C(=O)NCC1(CBr)CC1. The molecule has 1 aromatic rings. The number of benzene rings is 1. The summed E-state index contributed by atoms with van der Waals surface area (Å²) in [4.78, 5) is 12.4. The van der Waals surface area contributed by atoms with Crippen LogP contribution in [-0.4, -0.2) is 17.8 Å². The topological polar surface area (TPSA) is 29.1 Å². The van der Waals surface area contributed by atoms with Gasteiger partial charge in [0, 0.05) is 17.4 Å². The molecule has 1 aliphatic rings. The number of rotatable bonds is 4. The number of hydrogen-bond donors (Lipinski definition) is 1. The first-order valence-corrected chi connectivity index (χ1v) is 7.94. The van der Waals surface area contributed by atoms with E-state index in [1.807, 2.05) is 24.3 Å². The Hall–Kier alpha value is -0.830. The third-order valence-corrected chi connectivity index (χ3v) is 5.03. The Bertz CT molecular complexity index is 472. The van der Waals surface area contributed by atoms with Crippen molar-refractivity contribution in [3.05, 3.63) is 35.4 Å². The predicted molar refractivity (Wildman–Crippen MR) is 82.9 cm³/mol. The molecule has 104 valence electrons. The van der Waals surface area contributed by atoms with Gasteiger partial charge in [0.1, 0.15) is 0 Å². The molecule has 1 N–H and O–H groups in total. The highest BCUT2D eigenvalue weighted by molar-refractivity contribution is 9.09. The maximum absolute atomic E-state index is 12.4. The van der Waals surface area contributed by atoms with Crippen LogP contribution >= 0.6 is 15.9 Å². The highest BCUT2D eigenvalue weighted by Crippen LogP contribution is 2.46. The number of carbonyl (C=O) groups excluding carboxylic acids is 1. The molecule has 1 amide bonds. The van der Waals surface area contributed by atoms with Gasteiger partial charge in [0.15, 0.2) is 0 Å². The first kappa shape index (κ1) is 14.6. The lowest BCUT2D eigenvalue weighted by molar-refractivity contribution is 0.0944.